The number of rotatable bonds is 6. The van der Waals surface area contributed by atoms with Gasteiger partial charge in [-0.05, 0) is 48.5 Å². The SMILES string of the molecule is COc1cc2nccc(Oc3ccc(NC(=O)NC(=O)Nc4ccc(F)cc4)cc3F)c2cc1OC. The number of fused-ring (bicyclic) bond motifs is 1. The lowest BCUT2D eigenvalue weighted by Gasteiger charge is -2.13. The van der Waals surface area contributed by atoms with Crippen LogP contribution in [0, 0.1) is 11.6 Å². The summed E-state index contributed by atoms with van der Waals surface area (Å²) in [6.45, 7) is 0. The van der Waals surface area contributed by atoms with Gasteiger partial charge in [-0.25, -0.2) is 18.4 Å². The van der Waals surface area contributed by atoms with Crippen LogP contribution < -0.4 is 30.2 Å². The van der Waals surface area contributed by atoms with Gasteiger partial charge >= 0.3 is 12.1 Å². The number of ether oxygens (including phenoxy) is 3. The number of nitrogens with zero attached hydrogens (tertiary/aromatic N) is 1. The number of imide groups is 1. The number of pyridine rings is 1. The summed E-state index contributed by atoms with van der Waals surface area (Å²) >= 11 is 0. The van der Waals surface area contributed by atoms with Crippen LogP contribution in [0.15, 0.2) is 66.9 Å². The second-order valence-corrected chi connectivity index (χ2v) is 7.32. The normalized spacial score (nSPS) is 10.4. The Labute approximate surface area is 204 Å². The van der Waals surface area contributed by atoms with Gasteiger partial charge in [-0.15, -0.1) is 0 Å². The molecule has 0 fully saturated rings. The molecular weight excluding hydrogens is 474 g/mol. The van der Waals surface area contributed by atoms with Crippen LogP contribution in [0.25, 0.3) is 10.9 Å². The molecule has 0 unspecified atom stereocenters. The van der Waals surface area contributed by atoms with Crippen molar-refractivity contribution < 1.29 is 32.6 Å². The Morgan fingerprint density at radius 3 is 2.06 bits per heavy atom. The third-order valence-corrected chi connectivity index (χ3v) is 4.95. The van der Waals surface area contributed by atoms with Crippen LogP contribution in [0.3, 0.4) is 0 Å². The summed E-state index contributed by atoms with van der Waals surface area (Å²) in [7, 11) is 3.00. The van der Waals surface area contributed by atoms with Gasteiger partial charge in [-0.2, -0.15) is 0 Å². The fourth-order valence-corrected chi connectivity index (χ4v) is 3.28. The minimum atomic E-state index is -0.899. The average Bonchev–Trinajstić information content (AvgIpc) is 2.86. The Bertz CT molecular complexity index is 1430. The molecule has 1 aromatic heterocycles. The van der Waals surface area contributed by atoms with Gasteiger partial charge in [0.05, 0.1) is 19.7 Å². The van der Waals surface area contributed by atoms with E-state index in [4.69, 9.17) is 14.2 Å². The molecule has 1 heterocycles. The smallest absolute Gasteiger partial charge is 0.327 e. The third kappa shape index (κ3) is 5.58. The molecule has 0 aliphatic heterocycles. The van der Waals surface area contributed by atoms with E-state index in [9.17, 15) is 18.4 Å². The Balaban J connectivity index is 1.44. The lowest BCUT2D eigenvalue weighted by molar-refractivity contribution is 0.240. The van der Waals surface area contributed by atoms with Gasteiger partial charge in [0.25, 0.3) is 0 Å². The van der Waals surface area contributed by atoms with E-state index in [2.05, 4.69) is 15.6 Å². The minimum Gasteiger partial charge on any atom is -0.493 e. The van der Waals surface area contributed by atoms with Crippen LogP contribution in [0.1, 0.15) is 0 Å². The van der Waals surface area contributed by atoms with Crippen molar-refractivity contribution in [3.63, 3.8) is 0 Å². The number of benzene rings is 3. The van der Waals surface area contributed by atoms with E-state index in [1.165, 1.54) is 44.7 Å². The summed E-state index contributed by atoms with van der Waals surface area (Å²) in [5.41, 5.74) is 0.923. The molecule has 36 heavy (non-hydrogen) atoms. The van der Waals surface area contributed by atoms with Crippen molar-refractivity contribution in [3.8, 4) is 23.0 Å². The average molecular weight is 494 g/mol. The maximum atomic E-state index is 14.8. The largest absolute Gasteiger partial charge is 0.493 e. The van der Waals surface area contributed by atoms with Crippen molar-refractivity contribution in [2.75, 3.05) is 24.9 Å². The predicted molar refractivity (Wildman–Crippen MR) is 129 cm³/mol. The molecule has 9 nitrogen and oxygen atoms in total. The van der Waals surface area contributed by atoms with E-state index in [0.717, 1.165) is 18.2 Å². The van der Waals surface area contributed by atoms with Crippen molar-refractivity contribution in [1.29, 1.82) is 0 Å². The topological polar surface area (TPSA) is 111 Å². The number of urea groups is 2. The lowest BCUT2D eigenvalue weighted by Crippen LogP contribution is -2.37. The first kappa shape index (κ1) is 24.2. The van der Waals surface area contributed by atoms with E-state index in [-0.39, 0.29) is 17.1 Å². The van der Waals surface area contributed by atoms with E-state index in [0.29, 0.717) is 28.2 Å². The number of carbonyl (C=O) groups is 2. The summed E-state index contributed by atoms with van der Waals surface area (Å²) in [5.74, 6) is -0.0504. The highest BCUT2D eigenvalue weighted by Crippen LogP contribution is 2.37. The predicted octanol–water partition coefficient (Wildman–Crippen LogP) is 5.68. The summed E-state index contributed by atoms with van der Waals surface area (Å²) in [6, 6.07) is 11.9. The zero-order valence-corrected chi connectivity index (χ0v) is 19.1. The minimum absolute atomic E-state index is 0.0814. The van der Waals surface area contributed by atoms with Crippen LogP contribution in [0.4, 0.5) is 29.7 Å². The Morgan fingerprint density at radius 2 is 1.39 bits per heavy atom. The molecule has 4 aromatic rings. The van der Waals surface area contributed by atoms with Crippen LogP contribution >= 0.6 is 0 Å². The van der Waals surface area contributed by atoms with Crippen molar-refractivity contribution in [2.45, 2.75) is 0 Å². The number of halogens is 2. The number of amides is 4. The Morgan fingerprint density at radius 1 is 0.750 bits per heavy atom. The fraction of sp³-hybridized carbons (Fsp3) is 0.0800. The number of carbonyl (C=O) groups excluding carboxylic acids is 2. The number of hydrogen-bond donors (Lipinski definition) is 3. The van der Waals surface area contributed by atoms with Gasteiger partial charge in [0.15, 0.2) is 23.1 Å². The van der Waals surface area contributed by atoms with Crippen molar-refractivity contribution in [3.05, 3.63) is 78.5 Å². The lowest BCUT2D eigenvalue weighted by atomic mass is 10.2. The summed E-state index contributed by atoms with van der Waals surface area (Å²) in [5, 5.41) is 7.32. The first-order chi connectivity index (χ1) is 17.4. The Kier molecular flexibility index (Phi) is 7.10. The van der Waals surface area contributed by atoms with E-state index < -0.39 is 23.7 Å². The first-order valence-electron chi connectivity index (χ1n) is 10.5. The van der Waals surface area contributed by atoms with Gasteiger partial charge in [0.1, 0.15) is 11.6 Å². The van der Waals surface area contributed by atoms with Crippen LogP contribution in [0.2, 0.25) is 0 Å². The summed E-state index contributed by atoms with van der Waals surface area (Å²) < 4.78 is 44.1. The summed E-state index contributed by atoms with van der Waals surface area (Å²) in [4.78, 5) is 28.3. The summed E-state index contributed by atoms with van der Waals surface area (Å²) in [6.07, 6.45) is 1.51. The van der Waals surface area contributed by atoms with E-state index in [1.54, 1.807) is 18.2 Å². The molecule has 0 atom stereocenters. The van der Waals surface area contributed by atoms with Crippen molar-refractivity contribution in [1.82, 2.24) is 10.3 Å². The van der Waals surface area contributed by atoms with Crippen LogP contribution in [-0.2, 0) is 0 Å². The maximum absolute atomic E-state index is 14.8. The van der Waals surface area contributed by atoms with Crippen molar-refractivity contribution >= 4 is 34.3 Å². The van der Waals surface area contributed by atoms with E-state index in [1.807, 2.05) is 5.32 Å². The second-order valence-electron chi connectivity index (χ2n) is 7.32. The van der Waals surface area contributed by atoms with Gasteiger partial charge in [0.2, 0.25) is 0 Å². The van der Waals surface area contributed by atoms with Crippen molar-refractivity contribution in [2.24, 2.45) is 0 Å². The molecule has 4 rings (SSSR count). The van der Waals surface area contributed by atoms with Gasteiger partial charge < -0.3 is 24.8 Å². The zero-order valence-electron chi connectivity index (χ0n) is 19.1. The highest BCUT2D eigenvalue weighted by molar-refractivity contribution is 6.05. The molecule has 184 valence electrons. The molecule has 0 bridgehead atoms. The van der Waals surface area contributed by atoms with Crippen LogP contribution in [-0.4, -0.2) is 31.3 Å². The van der Waals surface area contributed by atoms with Crippen LogP contribution in [0.5, 0.6) is 23.0 Å². The number of hydrogen-bond acceptors (Lipinski definition) is 6. The van der Waals surface area contributed by atoms with Gasteiger partial charge in [-0.3, -0.25) is 10.3 Å². The molecule has 0 saturated heterocycles. The monoisotopic (exact) mass is 494 g/mol. The molecular formula is C25H20F2N4O5. The highest BCUT2D eigenvalue weighted by Gasteiger charge is 2.14. The quantitative estimate of drug-likeness (QED) is 0.318. The molecule has 3 N–H and O–H groups in total. The molecule has 4 amide bonds. The standard InChI is InChI=1S/C25H20F2N4O5/c1-34-22-12-17-19(13-23(22)35-2)28-10-9-20(17)36-21-8-7-16(11-18(21)27)30-25(33)31-24(32)29-15-5-3-14(26)4-6-15/h3-13H,1-2H3,(H3,29,30,31,32,33). The first-order valence-corrected chi connectivity index (χ1v) is 10.5. The third-order valence-electron chi connectivity index (χ3n) is 4.95. The number of aromatic nitrogens is 1. The van der Waals surface area contributed by atoms with Gasteiger partial charge in [0, 0.05) is 35.1 Å². The number of anilines is 2. The zero-order chi connectivity index (χ0) is 25.7. The fourth-order valence-electron chi connectivity index (χ4n) is 3.28. The molecule has 11 heteroatoms. The van der Waals surface area contributed by atoms with E-state index >= 15 is 0 Å². The second kappa shape index (κ2) is 10.6. The molecule has 0 spiro atoms. The maximum Gasteiger partial charge on any atom is 0.327 e. The Hall–Kier alpha value is -4.93. The van der Waals surface area contributed by atoms with Gasteiger partial charge in [-0.1, -0.05) is 0 Å². The number of methoxy groups -OCH3 is 2. The molecule has 0 aliphatic rings. The highest BCUT2D eigenvalue weighted by atomic mass is 19.1. The molecule has 0 saturated carbocycles. The molecule has 0 aliphatic carbocycles. The molecule has 3 aromatic carbocycles. The number of nitrogens with one attached hydrogen (secondary N) is 3. The molecule has 0 radical (unpaired) electrons.